The van der Waals surface area contributed by atoms with Gasteiger partial charge in [-0.25, -0.2) is 9.31 Å². The Bertz CT molecular complexity index is 1080. The molecule has 1 amide bonds. The third-order valence-corrected chi connectivity index (χ3v) is 5.80. The number of aryl methyl sites for hydroxylation is 1. The number of carbonyl (C=O) groups excluding carboxylic acids is 1. The number of pyridine rings is 1. The van der Waals surface area contributed by atoms with Gasteiger partial charge in [0.05, 0.1) is 23.5 Å². The highest BCUT2D eigenvalue weighted by atomic mass is 79.9. The molecule has 0 aliphatic carbocycles. The summed E-state index contributed by atoms with van der Waals surface area (Å²) in [6.07, 6.45) is 9.21. The van der Waals surface area contributed by atoms with E-state index in [2.05, 4.69) is 26.1 Å². The molecule has 4 heterocycles. The van der Waals surface area contributed by atoms with Crippen LogP contribution in [0.1, 0.15) is 33.6 Å². The highest BCUT2D eigenvalue weighted by Crippen LogP contribution is 2.33. The minimum absolute atomic E-state index is 0.241. The second kappa shape index (κ2) is 8.53. The molecule has 4 rings (SSSR count). The molecule has 1 saturated heterocycles. The van der Waals surface area contributed by atoms with E-state index in [9.17, 15) is 4.79 Å². The summed E-state index contributed by atoms with van der Waals surface area (Å²) in [5.41, 5.74) is 2.36. The molecule has 0 bridgehead atoms. The van der Waals surface area contributed by atoms with Gasteiger partial charge in [-0.3, -0.25) is 4.68 Å². The summed E-state index contributed by atoms with van der Waals surface area (Å²) in [5.74, 6) is 0.991. The summed E-state index contributed by atoms with van der Waals surface area (Å²) in [6.45, 7) is 7.54. The van der Waals surface area contributed by atoms with Crippen molar-refractivity contribution in [1.82, 2.24) is 24.3 Å². The van der Waals surface area contributed by atoms with Gasteiger partial charge in [0.1, 0.15) is 16.9 Å². The predicted octanol–water partition coefficient (Wildman–Crippen LogP) is 4.52. The lowest BCUT2D eigenvalue weighted by Crippen LogP contribution is -2.44. The van der Waals surface area contributed by atoms with Crippen molar-refractivity contribution in [1.29, 1.82) is 0 Å². The second-order valence-electron chi connectivity index (χ2n) is 9.03. The Kier molecular flexibility index (Phi) is 5.96. The second-order valence-corrected chi connectivity index (χ2v) is 9.88. The molecular weight excluding hydrogens is 462 g/mol. The van der Waals surface area contributed by atoms with Crippen molar-refractivity contribution in [3.63, 3.8) is 0 Å². The zero-order valence-electron chi connectivity index (χ0n) is 18.3. The zero-order chi connectivity index (χ0) is 22.2. The van der Waals surface area contributed by atoms with Gasteiger partial charge in [0.25, 0.3) is 0 Å². The van der Waals surface area contributed by atoms with E-state index in [0.717, 1.165) is 46.3 Å². The minimum Gasteiger partial charge on any atom is -0.491 e. The van der Waals surface area contributed by atoms with E-state index in [1.165, 1.54) is 0 Å². The Morgan fingerprint density at radius 3 is 2.74 bits per heavy atom. The lowest BCUT2D eigenvalue weighted by molar-refractivity contribution is 0.0139. The maximum absolute atomic E-state index is 12.5. The van der Waals surface area contributed by atoms with Gasteiger partial charge >= 0.3 is 6.09 Å². The lowest BCUT2D eigenvalue weighted by Gasteiger charge is -2.34. The van der Waals surface area contributed by atoms with Crippen LogP contribution < -0.4 is 4.74 Å². The molecule has 0 aromatic carbocycles. The van der Waals surface area contributed by atoms with Crippen molar-refractivity contribution in [2.24, 2.45) is 13.0 Å². The SMILES string of the molecule is Cn1cc(-c2cc(OCC3CCCN(C(=O)OC(C)(C)C)C3)c3c(Br)cnn3c2)cn1. The van der Waals surface area contributed by atoms with E-state index in [4.69, 9.17) is 9.47 Å². The van der Waals surface area contributed by atoms with Crippen LogP contribution in [-0.4, -0.2) is 55.7 Å². The van der Waals surface area contributed by atoms with E-state index in [1.807, 2.05) is 57.0 Å². The largest absolute Gasteiger partial charge is 0.491 e. The molecule has 3 aromatic rings. The van der Waals surface area contributed by atoms with Crippen molar-refractivity contribution in [2.45, 2.75) is 39.2 Å². The maximum Gasteiger partial charge on any atom is 0.410 e. The summed E-state index contributed by atoms with van der Waals surface area (Å²) in [6, 6.07) is 2.02. The number of fused-ring (bicyclic) bond motifs is 1. The quantitative estimate of drug-likeness (QED) is 0.538. The number of hydrogen-bond acceptors (Lipinski definition) is 5. The summed E-state index contributed by atoms with van der Waals surface area (Å²) < 4.78 is 16.3. The van der Waals surface area contributed by atoms with Gasteiger partial charge < -0.3 is 14.4 Å². The number of rotatable bonds is 4. The van der Waals surface area contributed by atoms with Crippen molar-refractivity contribution >= 4 is 27.5 Å². The molecule has 1 aliphatic heterocycles. The van der Waals surface area contributed by atoms with E-state index >= 15 is 0 Å². The Morgan fingerprint density at radius 1 is 1.23 bits per heavy atom. The Hall–Kier alpha value is -2.55. The molecule has 9 heteroatoms. The number of nitrogens with zero attached hydrogens (tertiary/aromatic N) is 5. The standard InChI is InChI=1S/C22H28BrN5O3/c1-22(2,3)31-21(29)27-7-5-6-15(11-27)14-30-19-8-16(17-9-24-26(4)12-17)13-28-20(19)18(23)10-25-28/h8-10,12-13,15H,5-7,11,14H2,1-4H3. The molecule has 0 radical (unpaired) electrons. The molecule has 8 nitrogen and oxygen atoms in total. The number of amides is 1. The number of hydrogen-bond donors (Lipinski definition) is 0. The summed E-state index contributed by atoms with van der Waals surface area (Å²) in [5, 5.41) is 8.69. The summed E-state index contributed by atoms with van der Waals surface area (Å²) >= 11 is 3.58. The third kappa shape index (κ3) is 5.03. The number of piperidine rings is 1. The van der Waals surface area contributed by atoms with Gasteiger partial charge in [-0.15, -0.1) is 0 Å². The fourth-order valence-corrected chi connectivity index (χ4v) is 4.26. The average molecular weight is 490 g/mol. The first-order valence-corrected chi connectivity index (χ1v) is 11.3. The smallest absolute Gasteiger partial charge is 0.410 e. The van der Waals surface area contributed by atoms with Crippen molar-refractivity contribution < 1.29 is 14.3 Å². The topological polar surface area (TPSA) is 73.9 Å². The fourth-order valence-electron chi connectivity index (χ4n) is 3.79. The monoisotopic (exact) mass is 489 g/mol. The number of likely N-dealkylation sites (tertiary alicyclic amines) is 1. The van der Waals surface area contributed by atoms with Gasteiger partial charge in [0.15, 0.2) is 0 Å². The molecule has 31 heavy (non-hydrogen) atoms. The van der Waals surface area contributed by atoms with E-state index in [-0.39, 0.29) is 12.0 Å². The van der Waals surface area contributed by atoms with Gasteiger partial charge in [-0.2, -0.15) is 10.2 Å². The molecule has 3 aromatic heterocycles. The molecule has 0 N–H and O–H groups in total. The van der Waals surface area contributed by atoms with Crippen LogP contribution in [0.25, 0.3) is 16.6 Å². The summed E-state index contributed by atoms with van der Waals surface area (Å²) in [4.78, 5) is 14.2. The van der Waals surface area contributed by atoms with Gasteiger partial charge in [0.2, 0.25) is 0 Å². The van der Waals surface area contributed by atoms with Gasteiger partial charge in [0, 0.05) is 49.6 Å². The van der Waals surface area contributed by atoms with Crippen LogP contribution in [0, 0.1) is 5.92 Å². The highest BCUT2D eigenvalue weighted by molar-refractivity contribution is 9.10. The van der Waals surface area contributed by atoms with Crippen molar-refractivity contribution in [3.8, 4) is 16.9 Å². The van der Waals surface area contributed by atoms with Crippen molar-refractivity contribution in [2.75, 3.05) is 19.7 Å². The van der Waals surface area contributed by atoms with Crippen LogP contribution in [-0.2, 0) is 11.8 Å². The third-order valence-electron chi connectivity index (χ3n) is 5.22. The van der Waals surface area contributed by atoms with Gasteiger partial charge in [-0.05, 0) is 55.6 Å². The first kappa shape index (κ1) is 21.7. The Labute approximate surface area is 190 Å². The summed E-state index contributed by atoms with van der Waals surface area (Å²) in [7, 11) is 1.89. The van der Waals surface area contributed by atoms with Crippen LogP contribution in [0.5, 0.6) is 5.75 Å². The number of halogens is 1. The number of ether oxygens (including phenoxy) is 2. The fraction of sp³-hybridized carbons (Fsp3) is 0.500. The predicted molar refractivity (Wildman–Crippen MR) is 121 cm³/mol. The van der Waals surface area contributed by atoms with Crippen LogP contribution in [0.3, 0.4) is 0 Å². The van der Waals surface area contributed by atoms with Crippen molar-refractivity contribution in [3.05, 3.63) is 35.3 Å². The number of carbonyl (C=O) groups is 1. The van der Waals surface area contributed by atoms with Gasteiger partial charge in [-0.1, -0.05) is 0 Å². The van der Waals surface area contributed by atoms with Crippen LogP contribution in [0.2, 0.25) is 0 Å². The molecule has 1 atom stereocenters. The minimum atomic E-state index is -0.493. The van der Waals surface area contributed by atoms with E-state index in [0.29, 0.717) is 13.2 Å². The van der Waals surface area contributed by atoms with Crippen LogP contribution >= 0.6 is 15.9 Å². The number of aromatic nitrogens is 4. The molecule has 0 spiro atoms. The van der Waals surface area contributed by atoms with E-state index < -0.39 is 5.60 Å². The molecule has 1 aliphatic rings. The maximum atomic E-state index is 12.5. The molecule has 0 saturated carbocycles. The van der Waals surface area contributed by atoms with Crippen LogP contribution in [0.15, 0.2) is 35.3 Å². The first-order chi connectivity index (χ1) is 14.7. The molecule has 166 valence electrons. The van der Waals surface area contributed by atoms with E-state index in [1.54, 1.807) is 15.8 Å². The first-order valence-electron chi connectivity index (χ1n) is 10.5. The Morgan fingerprint density at radius 2 is 2.03 bits per heavy atom. The normalized spacial score (nSPS) is 17.2. The zero-order valence-corrected chi connectivity index (χ0v) is 19.9. The lowest BCUT2D eigenvalue weighted by atomic mass is 9.99. The highest BCUT2D eigenvalue weighted by Gasteiger charge is 2.28. The molecule has 1 unspecified atom stereocenters. The Balaban J connectivity index is 1.50. The molecule has 1 fully saturated rings. The average Bonchev–Trinajstić information content (AvgIpc) is 3.31. The molecular formula is C22H28BrN5O3. The van der Waals surface area contributed by atoms with Crippen LogP contribution in [0.4, 0.5) is 4.79 Å².